The number of carboxylic acids is 1. The molecule has 0 radical (unpaired) electrons. The van der Waals surface area contributed by atoms with Crippen LogP contribution in [-0.2, 0) is 9.53 Å². The van der Waals surface area contributed by atoms with Crippen molar-refractivity contribution in [2.75, 3.05) is 26.8 Å². The Morgan fingerprint density at radius 2 is 2.18 bits per heavy atom. The van der Waals surface area contributed by atoms with Crippen LogP contribution in [0, 0.1) is 5.92 Å². The van der Waals surface area contributed by atoms with Gasteiger partial charge < -0.3 is 20.1 Å². The number of hydrogen-bond donors (Lipinski definition) is 2. The number of likely N-dealkylation sites (N-methyl/N-ethyl adjacent to an activating group) is 1. The van der Waals surface area contributed by atoms with Gasteiger partial charge in [-0.1, -0.05) is 13.3 Å². The SMILES string of the molecule is CCCCNC(=O)N(C)C1COCC1C(=O)O. The van der Waals surface area contributed by atoms with E-state index in [0.29, 0.717) is 6.54 Å². The molecule has 0 aromatic rings. The van der Waals surface area contributed by atoms with E-state index in [2.05, 4.69) is 5.32 Å². The molecule has 1 aliphatic heterocycles. The van der Waals surface area contributed by atoms with E-state index in [9.17, 15) is 9.59 Å². The number of amides is 2. The lowest BCUT2D eigenvalue weighted by molar-refractivity contribution is -0.142. The van der Waals surface area contributed by atoms with Crippen LogP contribution < -0.4 is 5.32 Å². The van der Waals surface area contributed by atoms with Gasteiger partial charge in [0.05, 0.1) is 19.3 Å². The molecule has 98 valence electrons. The van der Waals surface area contributed by atoms with Crippen molar-refractivity contribution in [3.8, 4) is 0 Å². The smallest absolute Gasteiger partial charge is 0.317 e. The number of urea groups is 1. The fraction of sp³-hybridized carbons (Fsp3) is 0.818. The summed E-state index contributed by atoms with van der Waals surface area (Å²) in [6.07, 6.45) is 1.93. The molecular weight excluding hydrogens is 224 g/mol. The standard InChI is InChI=1S/C11H20N2O4/c1-3-4-5-12-11(16)13(2)9-7-17-6-8(9)10(14)15/h8-9H,3-7H2,1-2H3,(H,12,16)(H,14,15). The first kappa shape index (κ1) is 13.8. The highest BCUT2D eigenvalue weighted by Gasteiger charge is 2.38. The summed E-state index contributed by atoms with van der Waals surface area (Å²) in [7, 11) is 1.61. The normalized spacial score (nSPS) is 23.4. The molecular formula is C11H20N2O4. The fourth-order valence-electron chi connectivity index (χ4n) is 1.81. The lowest BCUT2D eigenvalue weighted by Gasteiger charge is -2.26. The van der Waals surface area contributed by atoms with Gasteiger partial charge >= 0.3 is 12.0 Å². The number of aliphatic carboxylic acids is 1. The van der Waals surface area contributed by atoms with E-state index < -0.39 is 11.9 Å². The first-order valence-electron chi connectivity index (χ1n) is 5.89. The van der Waals surface area contributed by atoms with Crippen LogP contribution in [0.15, 0.2) is 0 Å². The maximum atomic E-state index is 11.7. The van der Waals surface area contributed by atoms with Gasteiger partial charge in [0.25, 0.3) is 0 Å². The third kappa shape index (κ3) is 3.59. The van der Waals surface area contributed by atoms with Crippen molar-refractivity contribution in [2.24, 2.45) is 5.92 Å². The summed E-state index contributed by atoms with van der Waals surface area (Å²) >= 11 is 0. The number of rotatable bonds is 5. The topological polar surface area (TPSA) is 78.9 Å². The van der Waals surface area contributed by atoms with Crippen molar-refractivity contribution >= 4 is 12.0 Å². The van der Waals surface area contributed by atoms with Crippen LogP contribution in [0.25, 0.3) is 0 Å². The molecule has 0 bridgehead atoms. The zero-order valence-electron chi connectivity index (χ0n) is 10.3. The van der Waals surface area contributed by atoms with Gasteiger partial charge in [-0.3, -0.25) is 4.79 Å². The average Bonchev–Trinajstić information content (AvgIpc) is 2.77. The highest BCUT2D eigenvalue weighted by atomic mass is 16.5. The van der Waals surface area contributed by atoms with Crippen molar-refractivity contribution < 1.29 is 19.4 Å². The molecule has 0 spiro atoms. The van der Waals surface area contributed by atoms with E-state index in [0.717, 1.165) is 12.8 Å². The Kier molecular flexibility index (Phi) is 5.21. The van der Waals surface area contributed by atoms with E-state index in [-0.39, 0.29) is 25.3 Å². The minimum Gasteiger partial charge on any atom is -0.481 e. The van der Waals surface area contributed by atoms with Crippen LogP contribution >= 0.6 is 0 Å². The number of unbranched alkanes of at least 4 members (excludes halogenated alkanes) is 1. The van der Waals surface area contributed by atoms with Crippen molar-refractivity contribution in [1.29, 1.82) is 0 Å². The third-order valence-electron chi connectivity index (χ3n) is 2.99. The molecule has 1 rings (SSSR count). The largest absolute Gasteiger partial charge is 0.481 e. The number of carboxylic acid groups (broad SMARTS) is 1. The second-order valence-corrected chi connectivity index (χ2v) is 4.25. The maximum Gasteiger partial charge on any atom is 0.317 e. The lowest BCUT2D eigenvalue weighted by atomic mass is 10.0. The Balaban J connectivity index is 2.47. The van der Waals surface area contributed by atoms with Gasteiger partial charge in [0.15, 0.2) is 0 Å². The lowest BCUT2D eigenvalue weighted by Crippen LogP contribution is -2.48. The van der Waals surface area contributed by atoms with E-state index in [1.165, 1.54) is 4.90 Å². The minimum absolute atomic E-state index is 0.173. The van der Waals surface area contributed by atoms with Crippen molar-refractivity contribution in [3.63, 3.8) is 0 Å². The molecule has 6 heteroatoms. The summed E-state index contributed by atoms with van der Waals surface area (Å²) in [6, 6.07) is -0.616. The number of hydrogen-bond acceptors (Lipinski definition) is 3. The van der Waals surface area contributed by atoms with E-state index in [1.54, 1.807) is 7.05 Å². The van der Waals surface area contributed by atoms with Crippen LogP contribution in [0.5, 0.6) is 0 Å². The van der Waals surface area contributed by atoms with Crippen molar-refractivity contribution in [3.05, 3.63) is 0 Å². The first-order valence-corrected chi connectivity index (χ1v) is 5.89. The average molecular weight is 244 g/mol. The Morgan fingerprint density at radius 1 is 1.47 bits per heavy atom. The second kappa shape index (κ2) is 6.44. The molecule has 1 heterocycles. The summed E-state index contributed by atoms with van der Waals surface area (Å²) in [5, 5.41) is 11.7. The molecule has 0 aliphatic carbocycles. The van der Waals surface area contributed by atoms with Crippen molar-refractivity contribution in [1.82, 2.24) is 10.2 Å². The number of nitrogens with one attached hydrogen (secondary N) is 1. The van der Waals surface area contributed by atoms with Gasteiger partial charge in [-0.25, -0.2) is 4.79 Å². The summed E-state index contributed by atoms with van der Waals surface area (Å²) in [6.45, 7) is 3.12. The molecule has 2 N–H and O–H groups in total. The van der Waals surface area contributed by atoms with E-state index in [4.69, 9.17) is 9.84 Å². The van der Waals surface area contributed by atoms with Crippen molar-refractivity contribution in [2.45, 2.75) is 25.8 Å². The molecule has 1 saturated heterocycles. The fourth-order valence-corrected chi connectivity index (χ4v) is 1.81. The maximum absolute atomic E-state index is 11.7. The van der Waals surface area contributed by atoms with Gasteiger partial charge in [-0.2, -0.15) is 0 Å². The molecule has 1 aliphatic rings. The Morgan fingerprint density at radius 3 is 2.76 bits per heavy atom. The number of nitrogens with zero attached hydrogens (tertiary/aromatic N) is 1. The zero-order valence-corrected chi connectivity index (χ0v) is 10.3. The molecule has 2 amide bonds. The van der Waals surface area contributed by atoms with Gasteiger partial charge in [0.2, 0.25) is 0 Å². The summed E-state index contributed by atoms with van der Waals surface area (Å²) in [4.78, 5) is 24.1. The Hall–Kier alpha value is -1.30. The van der Waals surface area contributed by atoms with E-state index in [1.807, 2.05) is 6.92 Å². The van der Waals surface area contributed by atoms with Gasteiger partial charge in [0, 0.05) is 13.6 Å². The highest BCUT2D eigenvalue weighted by Crippen LogP contribution is 2.18. The molecule has 2 unspecified atom stereocenters. The van der Waals surface area contributed by atoms with Crippen LogP contribution in [0.4, 0.5) is 4.79 Å². The predicted octanol–water partition coefficient (Wildman–Crippen LogP) is 0.527. The second-order valence-electron chi connectivity index (χ2n) is 4.25. The summed E-state index contributed by atoms with van der Waals surface area (Å²) in [5.74, 6) is -1.54. The van der Waals surface area contributed by atoms with Gasteiger partial charge in [0.1, 0.15) is 5.92 Å². The molecule has 17 heavy (non-hydrogen) atoms. The quantitative estimate of drug-likeness (QED) is 0.691. The molecule has 2 atom stereocenters. The number of ether oxygens (including phenoxy) is 1. The number of carbonyl (C=O) groups excluding carboxylic acids is 1. The van der Waals surface area contributed by atoms with Gasteiger partial charge in [-0.15, -0.1) is 0 Å². The Labute approximate surface area is 101 Å². The van der Waals surface area contributed by atoms with Crippen LogP contribution in [0.3, 0.4) is 0 Å². The van der Waals surface area contributed by atoms with Crippen LogP contribution in [0.1, 0.15) is 19.8 Å². The third-order valence-corrected chi connectivity index (χ3v) is 2.99. The van der Waals surface area contributed by atoms with Crippen LogP contribution in [-0.4, -0.2) is 54.9 Å². The summed E-state index contributed by atoms with van der Waals surface area (Å²) < 4.78 is 5.13. The highest BCUT2D eigenvalue weighted by molar-refractivity contribution is 5.77. The van der Waals surface area contributed by atoms with Gasteiger partial charge in [-0.05, 0) is 6.42 Å². The molecule has 0 aromatic carbocycles. The predicted molar refractivity (Wildman–Crippen MR) is 61.8 cm³/mol. The number of carbonyl (C=O) groups is 2. The van der Waals surface area contributed by atoms with E-state index >= 15 is 0 Å². The molecule has 6 nitrogen and oxygen atoms in total. The summed E-state index contributed by atoms with van der Waals surface area (Å²) in [5.41, 5.74) is 0. The Bertz CT molecular complexity index is 283. The molecule has 0 saturated carbocycles. The molecule has 0 aromatic heterocycles. The zero-order chi connectivity index (χ0) is 12.8. The molecule has 1 fully saturated rings. The first-order chi connectivity index (χ1) is 8.07. The monoisotopic (exact) mass is 244 g/mol. The minimum atomic E-state index is -0.916. The van der Waals surface area contributed by atoms with Crippen LogP contribution in [0.2, 0.25) is 0 Å².